The van der Waals surface area contributed by atoms with E-state index in [1.807, 2.05) is 30.3 Å². The summed E-state index contributed by atoms with van der Waals surface area (Å²) in [5.41, 5.74) is 3.08. The lowest BCUT2D eigenvalue weighted by Crippen LogP contribution is -2.51. The first-order valence-corrected chi connectivity index (χ1v) is 7.31. The summed E-state index contributed by atoms with van der Waals surface area (Å²) in [6.45, 7) is 1.41. The average molecular weight is 306 g/mol. The van der Waals surface area contributed by atoms with E-state index in [0.717, 1.165) is 5.56 Å². The molecule has 1 heterocycles. The van der Waals surface area contributed by atoms with Gasteiger partial charge < -0.3 is 14.5 Å². The first-order valence-electron chi connectivity index (χ1n) is 7.31. The van der Waals surface area contributed by atoms with Crippen molar-refractivity contribution in [3.63, 3.8) is 0 Å². The van der Waals surface area contributed by atoms with Crippen molar-refractivity contribution >= 4 is 12.1 Å². The lowest BCUT2D eigenvalue weighted by molar-refractivity contribution is 0.0770. The van der Waals surface area contributed by atoms with Gasteiger partial charge in [0.25, 0.3) is 0 Å². The fourth-order valence-electron chi connectivity index (χ4n) is 2.51. The van der Waals surface area contributed by atoms with Crippen LogP contribution in [0.3, 0.4) is 0 Å². The molecule has 22 heavy (non-hydrogen) atoms. The van der Waals surface area contributed by atoms with Gasteiger partial charge in [0.15, 0.2) is 0 Å². The SMILES string of the molecule is CN(C(=O)NN)C1CCN(C(=O)OCc2ccccc2)CC1. The smallest absolute Gasteiger partial charge is 0.410 e. The zero-order chi connectivity index (χ0) is 15.9. The molecule has 1 aliphatic rings. The molecule has 0 aliphatic carbocycles. The van der Waals surface area contributed by atoms with Crippen LogP contribution in [0.5, 0.6) is 0 Å². The number of amides is 3. The third-order valence-corrected chi connectivity index (χ3v) is 3.92. The number of nitrogens with two attached hydrogens (primary N) is 1. The molecule has 1 aliphatic heterocycles. The van der Waals surface area contributed by atoms with Gasteiger partial charge in [-0.1, -0.05) is 30.3 Å². The number of carbonyl (C=O) groups is 2. The Morgan fingerprint density at radius 3 is 2.55 bits per heavy atom. The number of rotatable bonds is 3. The normalized spacial score (nSPS) is 15.3. The molecule has 3 N–H and O–H groups in total. The highest BCUT2D eigenvalue weighted by molar-refractivity contribution is 5.73. The number of likely N-dealkylation sites (tertiary alicyclic amines) is 1. The van der Waals surface area contributed by atoms with Crippen LogP contribution in [0.1, 0.15) is 18.4 Å². The summed E-state index contributed by atoms with van der Waals surface area (Å²) in [5.74, 6) is 5.12. The van der Waals surface area contributed by atoms with Gasteiger partial charge in [-0.2, -0.15) is 0 Å². The highest BCUT2D eigenvalue weighted by Crippen LogP contribution is 2.16. The van der Waals surface area contributed by atoms with Crippen LogP contribution in [-0.4, -0.2) is 48.1 Å². The highest BCUT2D eigenvalue weighted by Gasteiger charge is 2.27. The number of nitrogens with zero attached hydrogens (tertiary/aromatic N) is 2. The molecule has 3 amide bonds. The number of carbonyl (C=O) groups excluding carboxylic acids is 2. The predicted molar refractivity (Wildman–Crippen MR) is 81.7 cm³/mol. The van der Waals surface area contributed by atoms with Gasteiger partial charge in [0.2, 0.25) is 0 Å². The van der Waals surface area contributed by atoms with E-state index in [1.165, 1.54) is 0 Å². The van der Waals surface area contributed by atoms with E-state index in [-0.39, 0.29) is 24.8 Å². The zero-order valence-electron chi connectivity index (χ0n) is 12.7. The molecule has 0 unspecified atom stereocenters. The summed E-state index contributed by atoms with van der Waals surface area (Å²) in [7, 11) is 1.70. The van der Waals surface area contributed by atoms with Crippen molar-refractivity contribution in [2.24, 2.45) is 5.84 Å². The number of ether oxygens (including phenoxy) is 1. The quantitative estimate of drug-likeness (QED) is 0.500. The fourth-order valence-corrected chi connectivity index (χ4v) is 2.51. The lowest BCUT2D eigenvalue weighted by atomic mass is 10.0. The zero-order valence-corrected chi connectivity index (χ0v) is 12.7. The van der Waals surface area contributed by atoms with Gasteiger partial charge in [0, 0.05) is 26.2 Å². The Morgan fingerprint density at radius 2 is 1.95 bits per heavy atom. The largest absolute Gasteiger partial charge is 0.445 e. The van der Waals surface area contributed by atoms with Crippen molar-refractivity contribution in [1.29, 1.82) is 0 Å². The van der Waals surface area contributed by atoms with Crippen LogP contribution in [0, 0.1) is 0 Å². The Balaban J connectivity index is 1.76. The van der Waals surface area contributed by atoms with E-state index in [4.69, 9.17) is 10.6 Å². The first-order chi connectivity index (χ1) is 10.6. The molecule has 1 fully saturated rings. The Bertz CT molecular complexity index is 501. The maximum Gasteiger partial charge on any atom is 0.410 e. The number of benzene rings is 1. The predicted octanol–water partition coefficient (Wildman–Crippen LogP) is 1.30. The summed E-state index contributed by atoms with van der Waals surface area (Å²) in [6.07, 6.45) is 1.11. The fraction of sp³-hybridized carbons (Fsp3) is 0.467. The van der Waals surface area contributed by atoms with Gasteiger partial charge in [-0.3, -0.25) is 5.43 Å². The maximum absolute atomic E-state index is 12.0. The maximum atomic E-state index is 12.0. The minimum atomic E-state index is -0.315. The van der Waals surface area contributed by atoms with Crippen LogP contribution in [0.25, 0.3) is 0 Å². The summed E-state index contributed by atoms with van der Waals surface area (Å²) < 4.78 is 5.31. The van der Waals surface area contributed by atoms with Crippen LogP contribution in [-0.2, 0) is 11.3 Å². The van der Waals surface area contributed by atoms with Crippen LogP contribution < -0.4 is 11.3 Å². The number of piperidine rings is 1. The van der Waals surface area contributed by atoms with Gasteiger partial charge >= 0.3 is 12.1 Å². The van der Waals surface area contributed by atoms with Crippen molar-refractivity contribution in [3.8, 4) is 0 Å². The van der Waals surface area contributed by atoms with Crippen LogP contribution in [0.2, 0.25) is 0 Å². The van der Waals surface area contributed by atoms with E-state index < -0.39 is 0 Å². The van der Waals surface area contributed by atoms with E-state index in [9.17, 15) is 9.59 Å². The molecule has 0 radical (unpaired) electrons. The summed E-state index contributed by atoms with van der Waals surface area (Å²) in [4.78, 5) is 26.7. The summed E-state index contributed by atoms with van der Waals surface area (Å²) in [6, 6.07) is 9.34. The van der Waals surface area contributed by atoms with Crippen LogP contribution in [0.4, 0.5) is 9.59 Å². The van der Waals surface area contributed by atoms with E-state index in [1.54, 1.807) is 16.8 Å². The van der Waals surface area contributed by atoms with Crippen molar-refractivity contribution in [1.82, 2.24) is 15.2 Å². The molecule has 0 aromatic heterocycles. The van der Waals surface area contributed by atoms with E-state index in [0.29, 0.717) is 25.9 Å². The third-order valence-electron chi connectivity index (χ3n) is 3.92. The van der Waals surface area contributed by atoms with Crippen molar-refractivity contribution in [2.75, 3.05) is 20.1 Å². The monoisotopic (exact) mass is 306 g/mol. The van der Waals surface area contributed by atoms with Gasteiger partial charge in [-0.15, -0.1) is 0 Å². The Hall–Kier alpha value is -2.28. The third kappa shape index (κ3) is 4.11. The molecule has 120 valence electrons. The van der Waals surface area contributed by atoms with Crippen molar-refractivity contribution in [2.45, 2.75) is 25.5 Å². The molecule has 0 saturated carbocycles. The topological polar surface area (TPSA) is 87.9 Å². The second-order valence-electron chi connectivity index (χ2n) is 5.32. The summed E-state index contributed by atoms with van der Waals surface area (Å²) in [5, 5.41) is 0. The van der Waals surface area contributed by atoms with E-state index >= 15 is 0 Å². The minimum Gasteiger partial charge on any atom is -0.445 e. The molecular weight excluding hydrogens is 284 g/mol. The minimum absolute atomic E-state index is 0.0849. The molecule has 0 atom stereocenters. The first kappa shape index (κ1) is 16.1. The lowest BCUT2D eigenvalue weighted by Gasteiger charge is -2.35. The number of hydrazine groups is 1. The summed E-state index contributed by atoms with van der Waals surface area (Å²) >= 11 is 0. The second-order valence-corrected chi connectivity index (χ2v) is 5.32. The number of urea groups is 1. The number of nitrogens with one attached hydrogen (secondary N) is 1. The molecule has 1 saturated heterocycles. The molecular formula is C15H22N4O3. The van der Waals surface area contributed by atoms with Gasteiger partial charge in [0.05, 0.1) is 0 Å². The van der Waals surface area contributed by atoms with Crippen molar-refractivity contribution in [3.05, 3.63) is 35.9 Å². The van der Waals surface area contributed by atoms with E-state index in [2.05, 4.69) is 5.43 Å². The molecule has 1 aromatic rings. The van der Waals surface area contributed by atoms with Crippen LogP contribution >= 0.6 is 0 Å². The standard InChI is InChI=1S/C15H22N4O3/c1-18(14(20)17-16)13-7-9-19(10-8-13)15(21)22-11-12-5-3-2-4-6-12/h2-6,13H,7-11,16H2,1H3,(H,17,20). The van der Waals surface area contributed by atoms with Crippen LogP contribution in [0.15, 0.2) is 30.3 Å². The molecule has 0 bridgehead atoms. The average Bonchev–Trinajstić information content (AvgIpc) is 2.59. The number of hydrogen-bond donors (Lipinski definition) is 2. The molecule has 1 aromatic carbocycles. The second kappa shape index (κ2) is 7.65. The molecule has 7 heteroatoms. The van der Waals surface area contributed by atoms with Crippen molar-refractivity contribution < 1.29 is 14.3 Å². The molecule has 2 rings (SSSR count). The van der Waals surface area contributed by atoms with Gasteiger partial charge in [0.1, 0.15) is 6.61 Å². The Morgan fingerprint density at radius 1 is 1.32 bits per heavy atom. The van der Waals surface area contributed by atoms with Gasteiger partial charge in [-0.05, 0) is 18.4 Å². The Kier molecular flexibility index (Phi) is 5.60. The Labute approximate surface area is 130 Å². The molecule has 0 spiro atoms. The van der Waals surface area contributed by atoms with Gasteiger partial charge in [-0.25, -0.2) is 15.4 Å². The molecule has 7 nitrogen and oxygen atoms in total. The number of hydrogen-bond acceptors (Lipinski definition) is 4. The highest BCUT2D eigenvalue weighted by atomic mass is 16.6.